The van der Waals surface area contributed by atoms with Gasteiger partial charge in [0.05, 0.1) is 19.0 Å². The zero-order valence-corrected chi connectivity index (χ0v) is 14.5. The lowest BCUT2D eigenvalue weighted by Gasteiger charge is -2.04. The predicted octanol–water partition coefficient (Wildman–Crippen LogP) is 4.83. The number of thiazole rings is 1. The van der Waals surface area contributed by atoms with Gasteiger partial charge in [0.15, 0.2) is 0 Å². The summed E-state index contributed by atoms with van der Waals surface area (Å²) in [6, 6.07) is 16.2. The van der Waals surface area contributed by atoms with E-state index < -0.39 is 0 Å². The average molecular weight is 337 g/mol. The Morgan fingerprint density at radius 2 is 1.96 bits per heavy atom. The normalized spacial score (nSPS) is 10.9. The number of anilines is 1. The largest absolute Gasteiger partial charge is 0.496 e. The van der Waals surface area contributed by atoms with E-state index in [1.807, 2.05) is 29.6 Å². The highest BCUT2D eigenvalue weighted by molar-refractivity contribution is 7.14. The summed E-state index contributed by atoms with van der Waals surface area (Å²) < 4.78 is 5.38. The van der Waals surface area contributed by atoms with Crippen LogP contribution in [0.1, 0.15) is 18.1 Å². The lowest BCUT2D eigenvalue weighted by atomic mass is 10.1. The van der Waals surface area contributed by atoms with Crippen LogP contribution in [0.2, 0.25) is 0 Å². The highest BCUT2D eigenvalue weighted by Crippen LogP contribution is 2.31. The Kier molecular flexibility index (Phi) is 5.23. The van der Waals surface area contributed by atoms with E-state index in [2.05, 4.69) is 46.7 Å². The van der Waals surface area contributed by atoms with E-state index in [9.17, 15) is 0 Å². The number of rotatable bonds is 6. The molecular formula is C19H19N3OS. The monoisotopic (exact) mass is 337 g/mol. The topological polar surface area (TPSA) is 46.5 Å². The maximum Gasteiger partial charge on any atom is 0.203 e. The molecule has 1 N–H and O–H groups in total. The van der Waals surface area contributed by atoms with Gasteiger partial charge in [0.2, 0.25) is 5.13 Å². The van der Waals surface area contributed by atoms with Crippen LogP contribution in [0.4, 0.5) is 5.13 Å². The van der Waals surface area contributed by atoms with Crippen LogP contribution >= 0.6 is 11.3 Å². The number of benzene rings is 2. The molecule has 0 bridgehead atoms. The molecule has 4 nitrogen and oxygen atoms in total. The third kappa shape index (κ3) is 3.81. The third-order valence-corrected chi connectivity index (χ3v) is 4.40. The van der Waals surface area contributed by atoms with Gasteiger partial charge in [0.1, 0.15) is 5.75 Å². The molecule has 1 heterocycles. The molecule has 5 heteroatoms. The smallest absolute Gasteiger partial charge is 0.203 e. The van der Waals surface area contributed by atoms with Crippen LogP contribution in [-0.4, -0.2) is 18.3 Å². The standard InChI is InChI=1S/C19H19N3OS/c1-3-14-8-10-15(11-9-14)12-20-22-19-21-17(13-24-19)16-6-4-5-7-18(16)23-2/h4-13H,3H2,1-2H3,(H,21,22)/b20-12-. The number of nitrogens with one attached hydrogen (secondary N) is 1. The van der Waals surface area contributed by atoms with Gasteiger partial charge in [-0.15, -0.1) is 11.3 Å². The molecule has 0 aliphatic rings. The van der Waals surface area contributed by atoms with Crippen molar-refractivity contribution in [3.8, 4) is 17.0 Å². The SMILES string of the molecule is CCc1ccc(/C=N\Nc2nc(-c3ccccc3OC)cs2)cc1. The fourth-order valence-electron chi connectivity index (χ4n) is 2.31. The Labute approximate surface area is 145 Å². The van der Waals surface area contributed by atoms with Gasteiger partial charge >= 0.3 is 0 Å². The summed E-state index contributed by atoms with van der Waals surface area (Å²) in [5.41, 5.74) is 7.22. The molecule has 1 aromatic heterocycles. The fraction of sp³-hybridized carbons (Fsp3) is 0.158. The Bertz CT molecular complexity index is 825. The van der Waals surface area contributed by atoms with Crippen molar-refractivity contribution in [1.82, 2.24) is 4.98 Å². The summed E-state index contributed by atoms with van der Waals surface area (Å²) in [5, 5.41) is 7.00. The van der Waals surface area contributed by atoms with Gasteiger partial charge in [-0.25, -0.2) is 4.98 Å². The highest BCUT2D eigenvalue weighted by atomic mass is 32.1. The number of methoxy groups -OCH3 is 1. The molecule has 2 aromatic carbocycles. The molecule has 0 amide bonds. The first-order valence-electron chi connectivity index (χ1n) is 7.77. The molecule has 3 aromatic rings. The summed E-state index contributed by atoms with van der Waals surface area (Å²) in [7, 11) is 1.67. The van der Waals surface area contributed by atoms with Crippen LogP contribution < -0.4 is 10.2 Å². The molecule has 122 valence electrons. The van der Waals surface area contributed by atoms with Crippen LogP contribution in [0.3, 0.4) is 0 Å². The van der Waals surface area contributed by atoms with Gasteiger partial charge in [0.25, 0.3) is 0 Å². The summed E-state index contributed by atoms with van der Waals surface area (Å²) in [4.78, 5) is 4.56. The average Bonchev–Trinajstić information content (AvgIpc) is 3.11. The van der Waals surface area contributed by atoms with Crippen LogP contribution in [0, 0.1) is 0 Å². The van der Waals surface area contributed by atoms with E-state index in [0.717, 1.165) is 34.1 Å². The first kappa shape index (κ1) is 16.2. The number of ether oxygens (including phenoxy) is 1. The third-order valence-electron chi connectivity index (χ3n) is 3.65. The lowest BCUT2D eigenvalue weighted by molar-refractivity contribution is 0.416. The maximum absolute atomic E-state index is 5.38. The molecule has 0 fully saturated rings. The first-order valence-corrected chi connectivity index (χ1v) is 8.65. The van der Waals surface area contributed by atoms with Crippen molar-refractivity contribution >= 4 is 22.7 Å². The molecule has 0 atom stereocenters. The quantitative estimate of drug-likeness (QED) is 0.518. The van der Waals surface area contributed by atoms with Crippen molar-refractivity contribution in [1.29, 1.82) is 0 Å². The zero-order valence-electron chi connectivity index (χ0n) is 13.7. The number of hydrogen-bond acceptors (Lipinski definition) is 5. The van der Waals surface area contributed by atoms with Crippen molar-refractivity contribution < 1.29 is 4.74 Å². The summed E-state index contributed by atoms with van der Waals surface area (Å²) in [6.07, 6.45) is 2.84. The van der Waals surface area contributed by atoms with Crippen molar-refractivity contribution in [3.05, 3.63) is 65.0 Å². The molecule has 0 spiro atoms. The second-order valence-corrected chi connectivity index (χ2v) is 6.06. The Balaban J connectivity index is 1.68. The first-order chi connectivity index (χ1) is 11.8. The highest BCUT2D eigenvalue weighted by Gasteiger charge is 2.08. The molecule has 0 radical (unpaired) electrons. The molecular weight excluding hydrogens is 318 g/mol. The number of aromatic nitrogens is 1. The van der Waals surface area contributed by atoms with Crippen molar-refractivity contribution in [3.63, 3.8) is 0 Å². The van der Waals surface area contributed by atoms with Crippen LogP contribution in [0.25, 0.3) is 11.3 Å². The van der Waals surface area contributed by atoms with E-state index in [4.69, 9.17) is 4.74 Å². The number of hydrogen-bond donors (Lipinski definition) is 1. The van der Waals surface area contributed by atoms with Gasteiger partial charge in [-0.05, 0) is 29.7 Å². The minimum Gasteiger partial charge on any atom is -0.496 e. The van der Waals surface area contributed by atoms with E-state index in [-0.39, 0.29) is 0 Å². The van der Waals surface area contributed by atoms with Gasteiger partial charge in [-0.2, -0.15) is 5.10 Å². The van der Waals surface area contributed by atoms with Gasteiger partial charge in [-0.3, -0.25) is 5.43 Å². The summed E-state index contributed by atoms with van der Waals surface area (Å²) >= 11 is 1.51. The van der Waals surface area contributed by atoms with E-state index in [0.29, 0.717) is 0 Å². The molecule has 0 saturated heterocycles. The van der Waals surface area contributed by atoms with Gasteiger partial charge < -0.3 is 4.74 Å². The van der Waals surface area contributed by atoms with Crippen molar-refractivity contribution in [2.24, 2.45) is 5.10 Å². The summed E-state index contributed by atoms with van der Waals surface area (Å²) in [5.74, 6) is 0.814. The number of aryl methyl sites for hydroxylation is 1. The Morgan fingerprint density at radius 1 is 1.17 bits per heavy atom. The number of para-hydroxylation sites is 1. The predicted molar refractivity (Wildman–Crippen MR) is 101 cm³/mol. The second kappa shape index (κ2) is 7.75. The Hall–Kier alpha value is -2.66. The molecule has 0 aliphatic heterocycles. The van der Waals surface area contributed by atoms with E-state index in [1.54, 1.807) is 13.3 Å². The lowest BCUT2D eigenvalue weighted by Crippen LogP contribution is -1.91. The number of nitrogens with zero attached hydrogens (tertiary/aromatic N) is 2. The summed E-state index contributed by atoms with van der Waals surface area (Å²) in [6.45, 7) is 2.15. The maximum atomic E-state index is 5.38. The molecule has 0 aliphatic carbocycles. The van der Waals surface area contributed by atoms with Crippen LogP contribution in [0.5, 0.6) is 5.75 Å². The zero-order chi connectivity index (χ0) is 16.8. The van der Waals surface area contributed by atoms with Gasteiger partial charge in [0, 0.05) is 10.9 Å². The second-order valence-electron chi connectivity index (χ2n) is 5.20. The van der Waals surface area contributed by atoms with E-state index >= 15 is 0 Å². The van der Waals surface area contributed by atoms with Gasteiger partial charge in [-0.1, -0.05) is 43.3 Å². The minimum absolute atomic E-state index is 0.748. The van der Waals surface area contributed by atoms with Crippen LogP contribution in [-0.2, 0) is 6.42 Å². The van der Waals surface area contributed by atoms with Crippen molar-refractivity contribution in [2.75, 3.05) is 12.5 Å². The van der Waals surface area contributed by atoms with Crippen LogP contribution in [0.15, 0.2) is 59.0 Å². The molecule has 24 heavy (non-hydrogen) atoms. The number of hydrazone groups is 1. The van der Waals surface area contributed by atoms with E-state index in [1.165, 1.54) is 16.9 Å². The fourth-order valence-corrected chi connectivity index (χ4v) is 2.97. The van der Waals surface area contributed by atoms with Crippen molar-refractivity contribution in [2.45, 2.75) is 13.3 Å². The Morgan fingerprint density at radius 3 is 2.71 bits per heavy atom. The molecule has 0 saturated carbocycles. The molecule has 0 unspecified atom stereocenters. The molecule has 3 rings (SSSR count). The minimum atomic E-state index is 0.748.